The van der Waals surface area contributed by atoms with Crippen LogP contribution in [0.1, 0.15) is 75.7 Å². The van der Waals surface area contributed by atoms with Crippen molar-refractivity contribution >= 4 is 11.9 Å². The first-order valence-electron chi connectivity index (χ1n) is 19.2. The lowest BCUT2D eigenvalue weighted by molar-refractivity contribution is -0.214. The molecule has 284 valence electrons. The van der Waals surface area contributed by atoms with Crippen LogP contribution in [0, 0.1) is 17.8 Å². The summed E-state index contributed by atoms with van der Waals surface area (Å²) in [6.45, 7) is 11.6. The zero-order valence-corrected chi connectivity index (χ0v) is 31.5. The average molecular weight is 725 g/mol. The van der Waals surface area contributed by atoms with Crippen LogP contribution in [-0.2, 0) is 39.7 Å². The Bertz CT molecular complexity index is 1610. The normalized spacial score (nSPS) is 20.0. The second-order valence-electron chi connectivity index (χ2n) is 14.2. The molecule has 2 aliphatic rings. The molecule has 3 aromatic carbocycles. The molecule has 0 unspecified atom stereocenters. The Labute approximate surface area is 315 Å². The molecule has 1 aliphatic heterocycles. The maximum absolute atomic E-state index is 11.9. The minimum Gasteiger partial charge on any atom is -0.490 e. The molecule has 0 amide bonds. The third-order valence-electron chi connectivity index (χ3n) is 10.4. The van der Waals surface area contributed by atoms with E-state index in [4.69, 9.17) is 28.4 Å². The minimum absolute atomic E-state index is 0.129. The maximum atomic E-state index is 11.9. The number of hydrogen-bond donors (Lipinski definition) is 0. The van der Waals surface area contributed by atoms with Crippen molar-refractivity contribution in [3.8, 4) is 28.0 Å². The Morgan fingerprint density at radius 2 is 1.49 bits per heavy atom. The van der Waals surface area contributed by atoms with Gasteiger partial charge >= 0.3 is 11.9 Å². The van der Waals surface area contributed by atoms with E-state index in [0.717, 1.165) is 52.7 Å². The Balaban J connectivity index is 1.22. The fourth-order valence-electron chi connectivity index (χ4n) is 7.34. The highest BCUT2D eigenvalue weighted by Crippen LogP contribution is 2.41. The summed E-state index contributed by atoms with van der Waals surface area (Å²) in [5, 5.41) is 0. The molecule has 0 aromatic heterocycles. The van der Waals surface area contributed by atoms with E-state index >= 15 is 0 Å². The number of methoxy groups -OCH3 is 1. The fraction of sp³-hybridized carbons (Fsp3) is 0.467. The number of rotatable bonds is 19. The van der Waals surface area contributed by atoms with E-state index in [2.05, 4.69) is 68.6 Å². The van der Waals surface area contributed by atoms with Gasteiger partial charge in [0, 0.05) is 24.7 Å². The minimum atomic E-state index is -0.510. The zero-order valence-electron chi connectivity index (χ0n) is 31.5. The quantitative estimate of drug-likeness (QED) is 0.0687. The van der Waals surface area contributed by atoms with Gasteiger partial charge in [-0.15, -0.1) is 0 Å². The molecule has 8 heteroatoms. The van der Waals surface area contributed by atoms with Gasteiger partial charge in [-0.1, -0.05) is 107 Å². The molecule has 5 rings (SSSR count). The number of hydrogen-bond acceptors (Lipinski definition) is 8. The molecule has 1 aliphatic carbocycles. The fourth-order valence-corrected chi connectivity index (χ4v) is 7.34. The van der Waals surface area contributed by atoms with Crippen LogP contribution < -0.4 is 4.74 Å². The predicted octanol–water partition coefficient (Wildman–Crippen LogP) is 9.47. The van der Waals surface area contributed by atoms with Gasteiger partial charge in [-0.2, -0.15) is 0 Å². The number of benzene rings is 3. The number of carbonyl (C=O) groups excluding carboxylic acids is 2. The van der Waals surface area contributed by atoms with E-state index in [9.17, 15) is 9.59 Å². The molecule has 8 nitrogen and oxygen atoms in total. The molecule has 0 radical (unpaired) electrons. The standard InChI is InChI=1S/C45H56O8/c1-5-7-9-33-13-17-37(18-14-33)39-30-52-45(53-31-39)42-28-40(49-26-27-50-43(46)6-2)23-24-41(42)38-21-19-36(20-22-38)35-15-11-34(12-16-35)10-8-25-51-44(47)32(3)29-48-4/h6,11-12,15-16,19-24,28,33,37,39,45H,2-3,5,7-10,13-14,17-18,25-27,29-31H2,1,4H3. The van der Waals surface area contributed by atoms with Crippen LogP contribution in [0.2, 0.25) is 0 Å². The van der Waals surface area contributed by atoms with Crippen LogP contribution in [0.5, 0.6) is 5.75 Å². The lowest BCUT2D eigenvalue weighted by Gasteiger charge is -2.38. The van der Waals surface area contributed by atoms with Crippen LogP contribution >= 0.6 is 0 Å². The Morgan fingerprint density at radius 3 is 2.15 bits per heavy atom. The molecule has 1 saturated carbocycles. The van der Waals surface area contributed by atoms with E-state index in [1.807, 2.05) is 18.2 Å². The highest BCUT2D eigenvalue weighted by Gasteiger charge is 2.33. The third kappa shape index (κ3) is 11.9. The van der Waals surface area contributed by atoms with Crippen molar-refractivity contribution in [1.29, 1.82) is 0 Å². The zero-order chi connectivity index (χ0) is 37.4. The van der Waals surface area contributed by atoms with Gasteiger partial charge in [0.2, 0.25) is 0 Å². The molecule has 53 heavy (non-hydrogen) atoms. The number of aryl methyl sites for hydroxylation is 1. The average Bonchev–Trinajstić information content (AvgIpc) is 3.20. The summed E-state index contributed by atoms with van der Waals surface area (Å²) in [5.74, 6) is 1.71. The highest BCUT2D eigenvalue weighted by molar-refractivity contribution is 5.88. The molecule has 0 spiro atoms. The highest BCUT2D eigenvalue weighted by atomic mass is 16.7. The summed E-state index contributed by atoms with van der Waals surface area (Å²) in [6, 6.07) is 23.0. The van der Waals surface area contributed by atoms with E-state index in [1.165, 1.54) is 57.6 Å². The smallest absolute Gasteiger partial charge is 0.335 e. The molecular formula is C45H56O8. The van der Waals surface area contributed by atoms with E-state index in [0.29, 0.717) is 43.0 Å². The Kier molecular flexibility index (Phi) is 15.7. The number of unbranched alkanes of at least 4 members (excludes halogenated alkanes) is 1. The van der Waals surface area contributed by atoms with Crippen molar-refractivity contribution in [3.63, 3.8) is 0 Å². The second-order valence-corrected chi connectivity index (χ2v) is 14.2. The van der Waals surface area contributed by atoms with Crippen molar-refractivity contribution in [2.24, 2.45) is 17.8 Å². The van der Waals surface area contributed by atoms with Crippen LogP contribution in [0.15, 0.2) is 91.5 Å². The van der Waals surface area contributed by atoms with Gasteiger partial charge in [0.1, 0.15) is 19.0 Å². The largest absolute Gasteiger partial charge is 0.490 e. The summed E-state index contributed by atoms with van der Waals surface area (Å²) in [7, 11) is 1.52. The van der Waals surface area contributed by atoms with Gasteiger partial charge < -0.3 is 28.4 Å². The van der Waals surface area contributed by atoms with Gasteiger partial charge in [0.25, 0.3) is 0 Å². The molecule has 0 N–H and O–H groups in total. The first-order chi connectivity index (χ1) is 25.9. The van der Waals surface area contributed by atoms with Gasteiger partial charge in [0.15, 0.2) is 6.29 Å². The molecule has 0 atom stereocenters. The second kappa shape index (κ2) is 20.9. The molecule has 1 saturated heterocycles. The first kappa shape index (κ1) is 40.0. The molecular weight excluding hydrogens is 668 g/mol. The summed E-state index contributed by atoms with van der Waals surface area (Å²) in [4.78, 5) is 23.4. The number of carbonyl (C=O) groups is 2. The topological polar surface area (TPSA) is 89.5 Å². The van der Waals surface area contributed by atoms with Crippen molar-refractivity contribution in [2.75, 3.05) is 46.8 Å². The van der Waals surface area contributed by atoms with Crippen LogP contribution in [0.25, 0.3) is 22.3 Å². The molecule has 2 fully saturated rings. The molecule has 3 aromatic rings. The molecule has 1 heterocycles. The summed E-state index contributed by atoms with van der Waals surface area (Å²) >= 11 is 0. The first-order valence-corrected chi connectivity index (χ1v) is 19.2. The number of ether oxygens (including phenoxy) is 6. The third-order valence-corrected chi connectivity index (χ3v) is 10.4. The Hall–Kier alpha value is -4.24. The van der Waals surface area contributed by atoms with Crippen LogP contribution in [0.4, 0.5) is 0 Å². The van der Waals surface area contributed by atoms with Crippen molar-refractivity contribution in [3.05, 3.63) is 103 Å². The van der Waals surface area contributed by atoms with Crippen LogP contribution in [0.3, 0.4) is 0 Å². The van der Waals surface area contributed by atoms with Crippen molar-refractivity contribution in [2.45, 2.75) is 71.0 Å². The number of esters is 2. The Morgan fingerprint density at radius 1 is 0.811 bits per heavy atom. The monoisotopic (exact) mass is 724 g/mol. The van der Waals surface area contributed by atoms with Crippen molar-refractivity contribution in [1.82, 2.24) is 0 Å². The lowest BCUT2D eigenvalue weighted by Crippen LogP contribution is -2.34. The lowest BCUT2D eigenvalue weighted by atomic mass is 9.74. The summed E-state index contributed by atoms with van der Waals surface area (Å²) in [6.07, 6.45) is 11.3. The molecule has 0 bridgehead atoms. The van der Waals surface area contributed by atoms with E-state index in [1.54, 1.807) is 0 Å². The van der Waals surface area contributed by atoms with Gasteiger partial charge in [0.05, 0.1) is 32.0 Å². The summed E-state index contributed by atoms with van der Waals surface area (Å²) in [5.41, 5.74) is 6.71. The van der Waals surface area contributed by atoms with E-state index in [-0.39, 0.29) is 19.8 Å². The van der Waals surface area contributed by atoms with Crippen LogP contribution in [-0.4, -0.2) is 58.7 Å². The maximum Gasteiger partial charge on any atom is 0.335 e. The summed E-state index contributed by atoms with van der Waals surface area (Å²) < 4.78 is 34.3. The van der Waals surface area contributed by atoms with Gasteiger partial charge in [-0.05, 0) is 77.5 Å². The predicted molar refractivity (Wildman–Crippen MR) is 207 cm³/mol. The SMILES string of the molecule is C=CC(=O)OCCOc1ccc(-c2ccc(-c3ccc(CCCOC(=O)C(=C)COC)cc3)cc2)c(C2OCC(C3CCC(CCCC)CC3)CO2)c1. The van der Waals surface area contributed by atoms with E-state index < -0.39 is 18.2 Å². The van der Waals surface area contributed by atoms with Crippen molar-refractivity contribution < 1.29 is 38.0 Å². The van der Waals surface area contributed by atoms with Gasteiger partial charge in [-0.25, -0.2) is 9.59 Å². The van der Waals surface area contributed by atoms with Gasteiger partial charge in [-0.3, -0.25) is 0 Å².